The quantitative estimate of drug-likeness (QED) is 0.508. The summed E-state index contributed by atoms with van der Waals surface area (Å²) in [6.45, 7) is 4.35. The fourth-order valence-corrected chi connectivity index (χ4v) is 0.632. The Hall–Kier alpha value is 0.350. The van der Waals surface area contributed by atoms with Gasteiger partial charge in [0.05, 0.1) is 0 Å². The average Bonchev–Trinajstić information content (AvgIpc) is 1.35. The average molecular weight is 103 g/mol. The molecule has 0 aliphatic rings. The highest BCUT2D eigenvalue weighted by atomic mass is 32.1. The highest BCUT2D eigenvalue weighted by Gasteiger charge is 1.86. The second kappa shape index (κ2) is 3.54. The van der Waals surface area contributed by atoms with Gasteiger partial charge in [-0.25, -0.2) is 0 Å². The minimum atomic E-state index is 0.766. The molecular weight excluding hydrogens is 92.1 g/mol. The largest absolute Gasteiger partial charge is 0.175 e. The van der Waals surface area contributed by atoms with E-state index in [0.717, 1.165) is 12.3 Å². The Morgan fingerprint density at radius 2 is 2.17 bits per heavy atom. The first kappa shape index (κ1) is 6.35. The molecule has 0 heterocycles. The Labute approximate surface area is 45.4 Å². The number of rotatable bonds is 2. The van der Waals surface area contributed by atoms with Crippen molar-refractivity contribution >= 4 is 12.6 Å². The first-order valence-corrected chi connectivity index (χ1v) is 2.75. The Kier molecular flexibility index (Phi) is 3.74. The van der Waals surface area contributed by atoms with E-state index in [-0.39, 0.29) is 0 Å². The third-order valence-electron chi connectivity index (χ3n) is 0.577. The molecule has 0 bridgehead atoms. The number of hydrogen-bond acceptors (Lipinski definition) is 1. The standard InChI is InChI=1S/C5H11S/c1-5(2)3-4-6/h4-6H,3H2,1-2H3. The highest BCUT2D eigenvalue weighted by molar-refractivity contribution is 7.82. The lowest BCUT2D eigenvalue weighted by Gasteiger charge is -1.95. The zero-order chi connectivity index (χ0) is 4.99. The van der Waals surface area contributed by atoms with Crippen LogP contribution < -0.4 is 0 Å². The summed E-state index contributed by atoms with van der Waals surface area (Å²) >= 11 is 3.93. The molecule has 37 valence electrons. The van der Waals surface area contributed by atoms with Gasteiger partial charge in [-0.1, -0.05) is 13.8 Å². The van der Waals surface area contributed by atoms with Crippen molar-refractivity contribution in [3.05, 3.63) is 5.75 Å². The second-order valence-corrected chi connectivity index (χ2v) is 2.18. The SMILES string of the molecule is CC(C)C[CH]S. The molecule has 0 aliphatic heterocycles. The third kappa shape index (κ3) is 4.35. The van der Waals surface area contributed by atoms with Gasteiger partial charge < -0.3 is 0 Å². The summed E-state index contributed by atoms with van der Waals surface area (Å²) in [5, 5.41) is 0. The minimum Gasteiger partial charge on any atom is -0.175 e. The summed E-state index contributed by atoms with van der Waals surface area (Å²) < 4.78 is 0. The van der Waals surface area contributed by atoms with Crippen LogP contribution in [0.15, 0.2) is 0 Å². The maximum Gasteiger partial charge on any atom is 0.0136 e. The minimum absolute atomic E-state index is 0.766. The van der Waals surface area contributed by atoms with E-state index in [4.69, 9.17) is 0 Å². The Balaban J connectivity index is 2.63. The molecule has 0 spiro atoms. The molecule has 1 heteroatoms. The van der Waals surface area contributed by atoms with Crippen LogP contribution in [0.3, 0.4) is 0 Å². The van der Waals surface area contributed by atoms with Crippen molar-refractivity contribution in [2.45, 2.75) is 20.3 Å². The molecule has 0 aliphatic carbocycles. The molecule has 0 saturated carbocycles. The molecule has 0 nitrogen and oxygen atoms in total. The van der Waals surface area contributed by atoms with Gasteiger partial charge in [-0.15, -0.1) is 0 Å². The molecule has 0 aromatic rings. The molecule has 0 N–H and O–H groups in total. The van der Waals surface area contributed by atoms with E-state index in [1.807, 2.05) is 5.75 Å². The first-order valence-electron chi connectivity index (χ1n) is 2.23. The highest BCUT2D eigenvalue weighted by Crippen LogP contribution is 2.02. The fourth-order valence-electron chi connectivity index (χ4n) is 0.211. The lowest BCUT2D eigenvalue weighted by Crippen LogP contribution is -1.81. The Morgan fingerprint density at radius 3 is 2.17 bits per heavy atom. The topological polar surface area (TPSA) is 0 Å². The lowest BCUT2D eigenvalue weighted by molar-refractivity contribution is 0.656. The molecule has 0 saturated heterocycles. The maximum absolute atomic E-state index is 3.93. The van der Waals surface area contributed by atoms with Gasteiger partial charge in [-0.05, 0) is 12.3 Å². The molecule has 0 aromatic carbocycles. The Morgan fingerprint density at radius 1 is 1.67 bits per heavy atom. The summed E-state index contributed by atoms with van der Waals surface area (Å²) in [5.41, 5.74) is 0. The van der Waals surface area contributed by atoms with E-state index in [1.165, 1.54) is 0 Å². The van der Waals surface area contributed by atoms with Crippen molar-refractivity contribution in [2.24, 2.45) is 5.92 Å². The van der Waals surface area contributed by atoms with Crippen LogP contribution in [0.1, 0.15) is 20.3 Å². The summed E-state index contributed by atoms with van der Waals surface area (Å²) in [5.74, 6) is 2.66. The van der Waals surface area contributed by atoms with E-state index in [9.17, 15) is 0 Å². The third-order valence-corrected chi connectivity index (χ3v) is 0.788. The summed E-state index contributed by atoms with van der Waals surface area (Å²) in [4.78, 5) is 0. The summed E-state index contributed by atoms with van der Waals surface area (Å²) in [7, 11) is 0. The van der Waals surface area contributed by atoms with Gasteiger partial charge in [0.2, 0.25) is 0 Å². The first-order chi connectivity index (χ1) is 2.77. The molecule has 0 fully saturated rings. The van der Waals surface area contributed by atoms with Crippen LogP contribution >= 0.6 is 12.6 Å². The summed E-state index contributed by atoms with van der Waals surface area (Å²) in [6, 6.07) is 0. The number of thiol groups is 1. The maximum atomic E-state index is 3.93. The van der Waals surface area contributed by atoms with Crippen molar-refractivity contribution in [1.29, 1.82) is 0 Å². The van der Waals surface area contributed by atoms with E-state index in [0.29, 0.717) is 0 Å². The van der Waals surface area contributed by atoms with E-state index >= 15 is 0 Å². The lowest BCUT2D eigenvalue weighted by atomic mass is 10.2. The number of hydrogen-bond donors (Lipinski definition) is 1. The smallest absolute Gasteiger partial charge is 0.0136 e. The van der Waals surface area contributed by atoms with Crippen molar-refractivity contribution in [3.8, 4) is 0 Å². The van der Waals surface area contributed by atoms with Gasteiger partial charge in [0.15, 0.2) is 0 Å². The van der Waals surface area contributed by atoms with E-state index in [1.54, 1.807) is 0 Å². The van der Waals surface area contributed by atoms with Crippen LogP contribution in [-0.4, -0.2) is 0 Å². The zero-order valence-corrected chi connectivity index (χ0v) is 5.20. The van der Waals surface area contributed by atoms with Gasteiger partial charge in [0.25, 0.3) is 0 Å². The van der Waals surface area contributed by atoms with Crippen molar-refractivity contribution in [2.75, 3.05) is 0 Å². The zero-order valence-electron chi connectivity index (χ0n) is 4.31. The molecule has 0 atom stereocenters. The van der Waals surface area contributed by atoms with Crippen molar-refractivity contribution in [1.82, 2.24) is 0 Å². The Bertz CT molecular complexity index is 25.1. The van der Waals surface area contributed by atoms with Crippen LogP contribution in [0.4, 0.5) is 0 Å². The van der Waals surface area contributed by atoms with Crippen molar-refractivity contribution < 1.29 is 0 Å². The van der Waals surface area contributed by atoms with Gasteiger partial charge in [0, 0.05) is 5.75 Å². The van der Waals surface area contributed by atoms with Crippen LogP contribution in [0.2, 0.25) is 0 Å². The molecule has 0 amide bonds. The van der Waals surface area contributed by atoms with Gasteiger partial charge in [0.1, 0.15) is 0 Å². The van der Waals surface area contributed by atoms with Gasteiger partial charge in [-0.3, -0.25) is 0 Å². The molecule has 0 unspecified atom stereocenters. The van der Waals surface area contributed by atoms with Crippen LogP contribution in [0.5, 0.6) is 0 Å². The molecule has 0 rings (SSSR count). The normalized spacial score (nSPS) is 10.0. The fraction of sp³-hybridized carbons (Fsp3) is 0.800. The van der Waals surface area contributed by atoms with Crippen molar-refractivity contribution in [3.63, 3.8) is 0 Å². The van der Waals surface area contributed by atoms with Gasteiger partial charge >= 0.3 is 0 Å². The van der Waals surface area contributed by atoms with E-state index < -0.39 is 0 Å². The second-order valence-electron chi connectivity index (χ2n) is 1.81. The van der Waals surface area contributed by atoms with Crippen LogP contribution in [0.25, 0.3) is 0 Å². The predicted octanol–water partition coefficient (Wildman–Crippen LogP) is 2.12. The molecular formula is C5H11S. The summed E-state index contributed by atoms with van der Waals surface area (Å²) in [6.07, 6.45) is 1.11. The monoisotopic (exact) mass is 103 g/mol. The van der Waals surface area contributed by atoms with Gasteiger partial charge in [-0.2, -0.15) is 12.6 Å². The molecule has 6 heavy (non-hydrogen) atoms. The van der Waals surface area contributed by atoms with Crippen LogP contribution in [0, 0.1) is 11.7 Å². The predicted molar refractivity (Wildman–Crippen MR) is 32.7 cm³/mol. The molecule has 1 radical (unpaired) electrons. The molecule has 0 aromatic heterocycles. The van der Waals surface area contributed by atoms with Crippen LogP contribution in [-0.2, 0) is 0 Å². The van der Waals surface area contributed by atoms with E-state index in [2.05, 4.69) is 26.5 Å².